The fourth-order valence-electron chi connectivity index (χ4n) is 1.60. The van der Waals surface area contributed by atoms with Gasteiger partial charge in [-0.25, -0.2) is 4.79 Å². The highest BCUT2D eigenvalue weighted by Crippen LogP contribution is 2.28. The third-order valence-electron chi connectivity index (χ3n) is 2.52. The van der Waals surface area contributed by atoms with Crippen LogP contribution in [0.25, 0.3) is 0 Å². The Balaban J connectivity index is 2.17. The van der Waals surface area contributed by atoms with E-state index < -0.39 is 5.97 Å². The van der Waals surface area contributed by atoms with Crippen molar-refractivity contribution >= 4 is 29.2 Å². The largest absolute Gasteiger partial charge is 0.487 e. The molecule has 0 heterocycles. The lowest BCUT2D eigenvalue weighted by Gasteiger charge is -2.10. The number of aromatic carboxylic acids is 1. The van der Waals surface area contributed by atoms with Crippen LogP contribution in [0.4, 0.5) is 0 Å². The normalized spacial score (nSPS) is 10.2. The quantitative estimate of drug-likeness (QED) is 0.916. The van der Waals surface area contributed by atoms with Crippen LogP contribution in [0.1, 0.15) is 15.9 Å². The summed E-state index contributed by atoms with van der Waals surface area (Å²) in [5.74, 6) is -0.521. The van der Waals surface area contributed by atoms with Crippen LogP contribution < -0.4 is 4.74 Å². The summed E-state index contributed by atoms with van der Waals surface area (Å²) in [4.78, 5) is 11.0. The van der Waals surface area contributed by atoms with Crippen molar-refractivity contribution in [1.29, 1.82) is 0 Å². The van der Waals surface area contributed by atoms with Gasteiger partial charge in [0.05, 0.1) is 10.6 Å². The first kappa shape index (κ1) is 13.7. The number of carboxylic acid groups (broad SMARTS) is 1. The number of rotatable bonds is 4. The van der Waals surface area contributed by atoms with E-state index in [2.05, 4.69) is 0 Å². The van der Waals surface area contributed by atoms with E-state index in [1.807, 2.05) is 0 Å². The van der Waals surface area contributed by atoms with Crippen LogP contribution in [0.3, 0.4) is 0 Å². The minimum absolute atomic E-state index is 0.129. The van der Waals surface area contributed by atoms with Gasteiger partial charge in [0, 0.05) is 10.6 Å². The maximum absolute atomic E-state index is 11.0. The second-order valence-corrected chi connectivity index (χ2v) is 4.67. The van der Waals surface area contributed by atoms with Gasteiger partial charge in [0.2, 0.25) is 0 Å². The lowest BCUT2D eigenvalue weighted by Crippen LogP contribution is -2.05. The molecule has 19 heavy (non-hydrogen) atoms. The predicted octanol–water partition coefficient (Wildman–Crippen LogP) is 4.27. The van der Waals surface area contributed by atoms with Crippen LogP contribution >= 0.6 is 23.2 Å². The molecule has 0 atom stereocenters. The van der Waals surface area contributed by atoms with E-state index in [1.165, 1.54) is 6.07 Å². The van der Waals surface area contributed by atoms with Crippen LogP contribution in [0.15, 0.2) is 42.5 Å². The molecule has 0 saturated carbocycles. The minimum atomic E-state index is -0.985. The van der Waals surface area contributed by atoms with E-state index in [0.29, 0.717) is 21.4 Å². The monoisotopic (exact) mass is 296 g/mol. The molecule has 0 saturated heterocycles. The van der Waals surface area contributed by atoms with Gasteiger partial charge < -0.3 is 9.84 Å². The molecule has 1 N–H and O–H groups in total. The molecule has 5 heteroatoms. The van der Waals surface area contributed by atoms with Crippen molar-refractivity contribution in [2.75, 3.05) is 0 Å². The number of hydrogen-bond acceptors (Lipinski definition) is 2. The Hall–Kier alpha value is -1.71. The van der Waals surface area contributed by atoms with E-state index in [4.69, 9.17) is 33.0 Å². The maximum Gasteiger partial charge on any atom is 0.336 e. The van der Waals surface area contributed by atoms with Gasteiger partial charge in [-0.05, 0) is 24.3 Å². The van der Waals surface area contributed by atoms with Crippen molar-refractivity contribution in [3.63, 3.8) is 0 Å². The number of carboxylic acids is 1. The van der Waals surface area contributed by atoms with Crippen LogP contribution in [0, 0.1) is 0 Å². The highest BCUT2D eigenvalue weighted by atomic mass is 35.5. The van der Waals surface area contributed by atoms with Gasteiger partial charge in [0.1, 0.15) is 12.4 Å². The zero-order valence-corrected chi connectivity index (χ0v) is 11.3. The molecule has 0 radical (unpaired) electrons. The zero-order chi connectivity index (χ0) is 13.8. The van der Waals surface area contributed by atoms with E-state index in [1.54, 1.807) is 36.4 Å². The van der Waals surface area contributed by atoms with Crippen LogP contribution in [-0.2, 0) is 6.61 Å². The third kappa shape index (κ3) is 3.40. The lowest BCUT2D eigenvalue weighted by molar-refractivity contribution is 0.0694. The summed E-state index contributed by atoms with van der Waals surface area (Å²) in [6.07, 6.45) is 0. The average molecular weight is 297 g/mol. The zero-order valence-electron chi connectivity index (χ0n) is 9.77. The Kier molecular flexibility index (Phi) is 4.30. The summed E-state index contributed by atoms with van der Waals surface area (Å²) >= 11 is 11.8. The summed E-state index contributed by atoms with van der Waals surface area (Å²) in [5, 5.41) is 9.96. The molecule has 0 fully saturated rings. The fourth-order valence-corrected chi connectivity index (χ4v) is 2.07. The Morgan fingerprint density at radius 2 is 1.89 bits per heavy atom. The summed E-state index contributed by atoms with van der Waals surface area (Å²) < 4.78 is 5.51. The molecule has 0 aliphatic heterocycles. The molecule has 2 aromatic carbocycles. The minimum Gasteiger partial charge on any atom is -0.487 e. The Bertz CT molecular complexity index is 611. The van der Waals surface area contributed by atoms with Gasteiger partial charge in [-0.1, -0.05) is 41.4 Å². The topological polar surface area (TPSA) is 46.5 Å². The molecule has 0 spiro atoms. The fraction of sp³-hybridized carbons (Fsp3) is 0.0714. The molecule has 98 valence electrons. The standard InChI is InChI=1S/C14H10Cl2O3/c15-10-5-6-13(12(16)7-10)19-8-9-3-1-2-4-11(9)14(17)18/h1-7H,8H2,(H,17,18). The van der Waals surface area contributed by atoms with Gasteiger partial charge >= 0.3 is 5.97 Å². The highest BCUT2D eigenvalue weighted by Gasteiger charge is 2.10. The first-order chi connectivity index (χ1) is 9.08. The van der Waals surface area contributed by atoms with Gasteiger partial charge in [-0.15, -0.1) is 0 Å². The number of hydrogen-bond donors (Lipinski definition) is 1. The molecule has 3 nitrogen and oxygen atoms in total. The van der Waals surface area contributed by atoms with Crippen molar-refractivity contribution in [2.45, 2.75) is 6.61 Å². The van der Waals surface area contributed by atoms with Crippen molar-refractivity contribution in [3.05, 3.63) is 63.6 Å². The summed E-state index contributed by atoms with van der Waals surface area (Å²) in [6, 6.07) is 11.5. The SMILES string of the molecule is O=C(O)c1ccccc1COc1ccc(Cl)cc1Cl. The van der Waals surface area contributed by atoms with Crippen LogP contribution in [0.2, 0.25) is 10.0 Å². The average Bonchev–Trinajstić information content (AvgIpc) is 2.38. The van der Waals surface area contributed by atoms with Crippen molar-refractivity contribution in [2.24, 2.45) is 0 Å². The van der Waals surface area contributed by atoms with E-state index >= 15 is 0 Å². The van der Waals surface area contributed by atoms with Crippen molar-refractivity contribution in [1.82, 2.24) is 0 Å². The number of ether oxygens (including phenoxy) is 1. The molecule has 0 aliphatic rings. The second-order valence-electron chi connectivity index (χ2n) is 3.83. The highest BCUT2D eigenvalue weighted by molar-refractivity contribution is 6.35. The van der Waals surface area contributed by atoms with Crippen LogP contribution in [-0.4, -0.2) is 11.1 Å². The summed E-state index contributed by atoms with van der Waals surface area (Å²) in [5.41, 5.74) is 0.800. The smallest absolute Gasteiger partial charge is 0.336 e. The van der Waals surface area contributed by atoms with Crippen molar-refractivity contribution < 1.29 is 14.6 Å². The first-order valence-electron chi connectivity index (χ1n) is 5.47. The Labute approximate surface area is 120 Å². The molecule has 2 aromatic rings. The van der Waals surface area contributed by atoms with Gasteiger partial charge in [0.25, 0.3) is 0 Å². The summed E-state index contributed by atoms with van der Waals surface area (Å²) in [6.45, 7) is 0.129. The number of carbonyl (C=O) groups is 1. The molecule has 0 unspecified atom stereocenters. The number of halogens is 2. The van der Waals surface area contributed by atoms with E-state index in [-0.39, 0.29) is 12.2 Å². The molecule has 2 rings (SSSR count). The molecule has 0 bridgehead atoms. The lowest BCUT2D eigenvalue weighted by atomic mass is 10.1. The van der Waals surface area contributed by atoms with Crippen molar-refractivity contribution in [3.8, 4) is 5.75 Å². The third-order valence-corrected chi connectivity index (χ3v) is 3.06. The van der Waals surface area contributed by atoms with Gasteiger partial charge in [-0.2, -0.15) is 0 Å². The maximum atomic E-state index is 11.0. The predicted molar refractivity (Wildman–Crippen MR) is 74.2 cm³/mol. The second kappa shape index (κ2) is 5.95. The number of benzene rings is 2. The summed E-state index contributed by atoms with van der Waals surface area (Å²) in [7, 11) is 0. The van der Waals surface area contributed by atoms with Gasteiger partial charge in [0.15, 0.2) is 0 Å². The molecule has 0 aromatic heterocycles. The van der Waals surface area contributed by atoms with Gasteiger partial charge in [-0.3, -0.25) is 0 Å². The molecule has 0 amide bonds. The van der Waals surface area contributed by atoms with Crippen LogP contribution in [0.5, 0.6) is 5.75 Å². The van der Waals surface area contributed by atoms with E-state index in [0.717, 1.165) is 0 Å². The molecule has 0 aliphatic carbocycles. The van der Waals surface area contributed by atoms with E-state index in [9.17, 15) is 4.79 Å². The molecular formula is C14H10Cl2O3. The first-order valence-corrected chi connectivity index (χ1v) is 6.22. The Morgan fingerprint density at radius 1 is 1.16 bits per heavy atom. The Morgan fingerprint density at radius 3 is 2.58 bits per heavy atom. The molecular weight excluding hydrogens is 287 g/mol.